The van der Waals surface area contributed by atoms with Crippen LogP contribution in [0.25, 0.3) is 10.9 Å². The fraction of sp³-hybridized carbons (Fsp3) is 0.421. The standard InChI is InChI=1S/C19H26N4/c1-19(2,3)18-15(13-22-23-18)11-20-10-6-7-14-12-21-17-9-5-4-8-16(14)17/h4-5,8-9,12-13,20-21H,6-7,10-11H2,1-3H3,(H,22,23). The molecule has 0 fully saturated rings. The number of H-pyrrole nitrogens is 2. The normalized spacial score (nSPS) is 12.1. The SMILES string of the molecule is CC(C)(C)c1[nH]ncc1CNCCCc1c[nH]c2ccccc12. The molecule has 0 unspecified atom stereocenters. The van der Waals surface area contributed by atoms with E-state index in [1.165, 1.54) is 27.7 Å². The van der Waals surface area contributed by atoms with Crippen LogP contribution in [0.15, 0.2) is 36.7 Å². The van der Waals surface area contributed by atoms with E-state index >= 15 is 0 Å². The minimum absolute atomic E-state index is 0.109. The average molecular weight is 310 g/mol. The molecule has 0 aliphatic rings. The van der Waals surface area contributed by atoms with Gasteiger partial charge in [0.15, 0.2) is 0 Å². The van der Waals surface area contributed by atoms with Gasteiger partial charge in [-0.15, -0.1) is 0 Å². The van der Waals surface area contributed by atoms with Crippen molar-refractivity contribution in [3.63, 3.8) is 0 Å². The number of nitrogens with zero attached hydrogens (tertiary/aromatic N) is 1. The summed E-state index contributed by atoms with van der Waals surface area (Å²) in [7, 11) is 0. The lowest BCUT2D eigenvalue weighted by Gasteiger charge is -2.18. The maximum atomic E-state index is 4.19. The third kappa shape index (κ3) is 3.64. The fourth-order valence-electron chi connectivity index (χ4n) is 3.06. The zero-order valence-corrected chi connectivity index (χ0v) is 14.2. The van der Waals surface area contributed by atoms with Crippen molar-refractivity contribution in [3.05, 3.63) is 53.5 Å². The molecule has 0 aliphatic carbocycles. The highest BCUT2D eigenvalue weighted by Gasteiger charge is 2.19. The molecule has 4 heteroatoms. The Morgan fingerprint density at radius 2 is 1.96 bits per heavy atom. The van der Waals surface area contributed by atoms with Crippen LogP contribution < -0.4 is 5.32 Å². The van der Waals surface area contributed by atoms with E-state index in [1.54, 1.807) is 0 Å². The van der Waals surface area contributed by atoms with Crippen LogP contribution in [-0.4, -0.2) is 21.7 Å². The van der Waals surface area contributed by atoms with Gasteiger partial charge in [-0.2, -0.15) is 5.10 Å². The summed E-state index contributed by atoms with van der Waals surface area (Å²) in [5, 5.41) is 12.2. The van der Waals surface area contributed by atoms with Gasteiger partial charge in [-0.1, -0.05) is 39.0 Å². The number of nitrogens with one attached hydrogen (secondary N) is 3. The second-order valence-electron chi connectivity index (χ2n) is 7.16. The second-order valence-corrected chi connectivity index (χ2v) is 7.16. The van der Waals surface area contributed by atoms with Gasteiger partial charge in [0.1, 0.15) is 0 Å². The molecule has 2 aromatic heterocycles. The Hall–Kier alpha value is -2.07. The van der Waals surface area contributed by atoms with Gasteiger partial charge in [-0.3, -0.25) is 5.10 Å². The Kier molecular flexibility index (Phi) is 4.53. The quantitative estimate of drug-likeness (QED) is 0.605. The lowest BCUT2D eigenvalue weighted by Crippen LogP contribution is -2.20. The first-order valence-corrected chi connectivity index (χ1v) is 8.34. The van der Waals surface area contributed by atoms with Crippen LogP contribution in [0.3, 0.4) is 0 Å². The van der Waals surface area contributed by atoms with Crippen LogP contribution in [0, 0.1) is 0 Å². The summed E-state index contributed by atoms with van der Waals surface area (Å²) in [5.74, 6) is 0. The van der Waals surface area contributed by atoms with Crippen molar-refractivity contribution in [2.45, 2.75) is 45.6 Å². The largest absolute Gasteiger partial charge is 0.361 e. The number of aryl methyl sites for hydroxylation is 1. The molecule has 0 saturated carbocycles. The molecule has 0 aliphatic heterocycles. The highest BCUT2D eigenvalue weighted by atomic mass is 15.1. The van der Waals surface area contributed by atoms with Gasteiger partial charge < -0.3 is 10.3 Å². The van der Waals surface area contributed by atoms with Crippen LogP contribution in [0.2, 0.25) is 0 Å². The van der Waals surface area contributed by atoms with Crippen LogP contribution in [0.1, 0.15) is 44.0 Å². The van der Waals surface area contributed by atoms with Crippen molar-refractivity contribution in [2.75, 3.05) is 6.54 Å². The predicted octanol–water partition coefficient (Wildman–Crippen LogP) is 3.91. The van der Waals surface area contributed by atoms with E-state index in [1.807, 2.05) is 6.20 Å². The lowest BCUT2D eigenvalue weighted by atomic mass is 9.89. The molecule has 3 N–H and O–H groups in total. The first-order chi connectivity index (χ1) is 11.1. The second kappa shape index (κ2) is 6.59. The summed E-state index contributed by atoms with van der Waals surface area (Å²) >= 11 is 0. The molecule has 4 nitrogen and oxygen atoms in total. The van der Waals surface area contributed by atoms with Gasteiger partial charge in [0, 0.05) is 40.3 Å². The molecule has 0 spiro atoms. The third-order valence-electron chi connectivity index (χ3n) is 4.26. The third-order valence-corrected chi connectivity index (χ3v) is 4.26. The Balaban J connectivity index is 1.48. The maximum Gasteiger partial charge on any atom is 0.0535 e. The molecule has 0 radical (unpaired) electrons. The number of rotatable bonds is 6. The van der Waals surface area contributed by atoms with Gasteiger partial charge in [0.2, 0.25) is 0 Å². The Labute approximate surface area is 137 Å². The molecule has 0 amide bonds. The van der Waals surface area contributed by atoms with Crippen LogP contribution in [0.4, 0.5) is 0 Å². The van der Waals surface area contributed by atoms with Gasteiger partial charge in [0.05, 0.1) is 6.20 Å². The summed E-state index contributed by atoms with van der Waals surface area (Å²) in [5.41, 5.74) is 5.23. The van der Waals surface area contributed by atoms with Crippen molar-refractivity contribution in [3.8, 4) is 0 Å². The zero-order chi connectivity index (χ0) is 16.3. The van der Waals surface area contributed by atoms with Gasteiger partial charge in [0.25, 0.3) is 0 Å². The number of aromatic amines is 2. The van der Waals surface area contributed by atoms with Crippen LogP contribution in [-0.2, 0) is 18.4 Å². The Morgan fingerprint density at radius 1 is 1.13 bits per heavy atom. The smallest absolute Gasteiger partial charge is 0.0535 e. The lowest BCUT2D eigenvalue weighted by molar-refractivity contribution is 0.552. The topological polar surface area (TPSA) is 56.5 Å². The van der Waals surface area contributed by atoms with E-state index in [0.717, 1.165) is 25.9 Å². The molecule has 122 valence electrons. The van der Waals surface area contributed by atoms with Crippen molar-refractivity contribution >= 4 is 10.9 Å². The minimum Gasteiger partial charge on any atom is -0.361 e. The van der Waals surface area contributed by atoms with Gasteiger partial charge >= 0.3 is 0 Å². The summed E-state index contributed by atoms with van der Waals surface area (Å²) in [6.07, 6.45) is 6.30. The number of para-hydroxylation sites is 1. The van der Waals surface area contributed by atoms with Gasteiger partial charge in [-0.25, -0.2) is 0 Å². The van der Waals surface area contributed by atoms with E-state index in [9.17, 15) is 0 Å². The first-order valence-electron chi connectivity index (χ1n) is 8.34. The van der Waals surface area contributed by atoms with E-state index in [2.05, 4.69) is 71.7 Å². The van der Waals surface area contributed by atoms with Crippen LogP contribution >= 0.6 is 0 Å². The molecule has 3 aromatic rings. The molecule has 1 aromatic carbocycles. The van der Waals surface area contributed by atoms with Crippen molar-refractivity contribution in [1.29, 1.82) is 0 Å². The zero-order valence-electron chi connectivity index (χ0n) is 14.2. The molecular weight excluding hydrogens is 284 g/mol. The molecule has 0 bridgehead atoms. The summed E-state index contributed by atoms with van der Waals surface area (Å²) < 4.78 is 0. The van der Waals surface area contributed by atoms with Gasteiger partial charge in [-0.05, 0) is 31.0 Å². The van der Waals surface area contributed by atoms with Crippen molar-refractivity contribution in [2.24, 2.45) is 0 Å². The Morgan fingerprint density at radius 3 is 2.78 bits per heavy atom. The van der Waals surface area contributed by atoms with E-state index in [4.69, 9.17) is 0 Å². The molecule has 0 saturated heterocycles. The van der Waals surface area contributed by atoms with Crippen molar-refractivity contribution < 1.29 is 0 Å². The fourth-order valence-corrected chi connectivity index (χ4v) is 3.06. The number of fused-ring (bicyclic) bond motifs is 1. The van der Waals surface area contributed by atoms with E-state index < -0.39 is 0 Å². The molecule has 3 rings (SSSR count). The molecule has 23 heavy (non-hydrogen) atoms. The predicted molar refractivity (Wildman–Crippen MR) is 95.6 cm³/mol. The van der Waals surface area contributed by atoms with E-state index in [-0.39, 0.29) is 5.41 Å². The highest BCUT2D eigenvalue weighted by Crippen LogP contribution is 2.23. The summed E-state index contributed by atoms with van der Waals surface area (Å²) in [6.45, 7) is 8.51. The van der Waals surface area contributed by atoms with E-state index in [0.29, 0.717) is 0 Å². The summed E-state index contributed by atoms with van der Waals surface area (Å²) in [6, 6.07) is 8.49. The number of aromatic nitrogens is 3. The molecular formula is C19H26N4. The van der Waals surface area contributed by atoms with Crippen molar-refractivity contribution in [1.82, 2.24) is 20.5 Å². The summed E-state index contributed by atoms with van der Waals surface area (Å²) in [4.78, 5) is 3.34. The number of hydrogen-bond acceptors (Lipinski definition) is 2. The molecule has 0 atom stereocenters. The maximum absolute atomic E-state index is 4.19. The first kappa shape index (κ1) is 15.8. The van der Waals surface area contributed by atoms with Crippen LogP contribution in [0.5, 0.6) is 0 Å². The minimum atomic E-state index is 0.109. The number of benzene rings is 1. The monoisotopic (exact) mass is 310 g/mol. The molecule has 2 heterocycles. The average Bonchev–Trinajstić information content (AvgIpc) is 3.13. The Bertz CT molecular complexity index is 761. The highest BCUT2D eigenvalue weighted by molar-refractivity contribution is 5.82. The number of hydrogen-bond donors (Lipinski definition) is 3.